The molecular formula is C19H23ClN4O2. The average molecular weight is 375 g/mol. The number of carbonyl (C=O) groups is 1. The smallest absolute Gasteiger partial charge is 0.239 e. The maximum Gasteiger partial charge on any atom is 0.239 e. The topological polar surface area (TPSA) is 57.7 Å². The fourth-order valence-electron chi connectivity index (χ4n) is 2.93. The Hall–Kier alpha value is -2.15. The van der Waals surface area contributed by atoms with Crippen LogP contribution in [0.5, 0.6) is 5.75 Å². The van der Waals surface area contributed by atoms with Crippen LogP contribution in [0.3, 0.4) is 0 Å². The summed E-state index contributed by atoms with van der Waals surface area (Å²) in [6.07, 6.45) is 1.52. The number of hydrogen-bond acceptors (Lipinski definition) is 5. The molecule has 2 heterocycles. The van der Waals surface area contributed by atoms with Gasteiger partial charge in [-0.2, -0.15) is 0 Å². The lowest BCUT2D eigenvalue weighted by Gasteiger charge is -2.34. The maximum atomic E-state index is 12.1. The molecule has 1 amide bonds. The van der Waals surface area contributed by atoms with E-state index >= 15 is 0 Å². The van der Waals surface area contributed by atoms with Crippen LogP contribution in [0.1, 0.15) is 5.56 Å². The Morgan fingerprint density at radius 2 is 1.81 bits per heavy atom. The Balaban J connectivity index is 1.41. The molecule has 2 aromatic rings. The van der Waals surface area contributed by atoms with Gasteiger partial charge in [0.1, 0.15) is 11.6 Å². The number of ether oxygens (including phenoxy) is 1. The van der Waals surface area contributed by atoms with E-state index in [1.807, 2.05) is 12.1 Å². The molecule has 1 aromatic heterocycles. The molecule has 6 nitrogen and oxygen atoms in total. The van der Waals surface area contributed by atoms with Crippen molar-refractivity contribution < 1.29 is 9.53 Å². The number of aromatic nitrogens is 1. The van der Waals surface area contributed by atoms with Crippen LogP contribution < -0.4 is 10.1 Å². The number of piperazine rings is 1. The van der Waals surface area contributed by atoms with E-state index in [1.165, 1.54) is 11.8 Å². The Kier molecular flexibility index (Phi) is 6.44. The van der Waals surface area contributed by atoms with Gasteiger partial charge in [0.15, 0.2) is 0 Å². The van der Waals surface area contributed by atoms with Crippen molar-refractivity contribution in [2.75, 3.05) is 45.2 Å². The molecule has 3 rings (SSSR count). The molecule has 1 aliphatic rings. The van der Waals surface area contributed by atoms with Crippen molar-refractivity contribution in [2.45, 2.75) is 6.54 Å². The molecule has 138 valence electrons. The summed E-state index contributed by atoms with van der Waals surface area (Å²) < 4.78 is 5.19. The highest BCUT2D eigenvalue weighted by molar-refractivity contribution is 6.30. The highest BCUT2D eigenvalue weighted by Gasteiger charge is 2.19. The van der Waals surface area contributed by atoms with Crippen LogP contribution in [-0.4, -0.2) is 60.5 Å². The third kappa shape index (κ3) is 5.42. The molecule has 1 fully saturated rings. The van der Waals surface area contributed by atoms with Gasteiger partial charge in [-0.1, -0.05) is 23.7 Å². The zero-order valence-corrected chi connectivity index (χ0v) is 15.6. The number of benzene rings is 1. The Morgan fingerprint density at radius 3 is 2.42 bits per heavy atom. The highest BCUT2D eigenvalue weighted by atomic mass is 35.5. The first kappa shape index (κ1) is 18.6. The number of nitrogens with zero attached hydrogens (tertiary/aromatic N) is 3. The summed E-state index contributed by atoms with van der Waals surface area (Å²) in [5.74, 6) is 1.35. The van der Waals surface area contributed by atoms with Crippen LogP contribution in [0.4, 0.5) is 5.82 Å². The van der Waals surface area contributed by atoms with E-state index in [-0.39, 0.29) is 5.91 Å². The van der Waals surface area contributed by atoms with E-state index in [1.54, 1.807) is 19.2 Å². The van der Waals surface area contributed by atoms with E-state index in [2.05, 4.69) is 32.2 Å². The number of rotatable bonds is 6. The molecule has 1 saturated heterocycles. The molecule has 0 bridgehead atoms. The minimum atomic E-state index is -0.0524. The van der Waals surface area contributed by atoms with Crippen molar-refractivity contribution in [1.29, 1.82) is 0 Å². The second-order valence-corrected chi connectivity index (χ2v) is 6.75. The predicted octanol–water partition coefficient (Wildman–Crippen LogP) is 2.50. The zero-order valence-electron chi connectivity index (χ0n) is 14.8. The Morgan fingerprint density at radius 1 is 1.12 bits per heavy atom. The van der Waals surface area contributed by atoms with Gasteiger partial charge in [-0.3, -0.25) is 14.6 Å². The number of carbonyl (C=O) groups excluding carboxylic acids is 1. The number of halogens is 1. The largest absolute Gasteiger partial charge is 0.497 e. The monoisotopic (exact) mass is 374 g/mol. The van der Waals surface area contributed by atoms with Crippen LogP contribution in [0, 0.1) is 0 Å². The van der Waals surface area contributed by atoms with Crippen molar-refractivity contribution in [3.8, 4) is 5.75 Å². The molecule has 1 N–H and O–H groups in total. The molecule has 0 saturated carbocycles. The second-order valence-electron chi connectivity index (χ2n) is 6.31. The van der Waals surface area contributed by atoms with Crippen LogP contribution in [0.25, 0.3) is 0 Å². The number of methoxy groups -OCH3 is 1. The molecule has 0 atom stereocenters. The van der Waals surface area contributed by atoms with Gasteiger partial charge in [0.25, 0.3) is 0 Å². The number of pyridine rings is 1. The van der Waals surface area contributed by atoms with Crippen molar-refractivity contribution in [3.05, 3.63) is 53.2 Å². The summed E-state index contributed by atoms with van der Waals surface area (Å²) in [5, 5.41) is 3.35. The van der Waals surface area contributed by atoms with E-state index in [0.29, 0.717) is 17.4 Å². The van der Waals surface area contributed by atoms with Gasteiger partial charge in [-0.05, 0) is 29.8 Å². The molecule has 1 aliphatic heterocycles. The number of amides is 1. The number of nitrogens with one attached hydrogen (secondary N) is 1. The number of hydrogen-bond donors (Lipinski definition) is 1. The van der Waals surface area contributed by atoms with Crippen LogP contribution in [-0.2, 0) is 11.3 Å². The lowest BCUT2D eigenvalue weighted by molar-refractivity contribution is -0.117. The minimum Gasteiger partial charge on any atom is -0.497 e. The third-order valence-corrected chi connectivity index (χ3v) is 4.62. The quantitative estimate of drug-likeness (QED) is 0.841. The van der Waals surface area contributed by atoms with Crippen molar-refractivity contribution in [1.82, 2.24) is 14.8 Å². The van der Waals surface area contributed by atoms with E-state index in [0.717, 1.165) is 38.5 Å². The summed E-state index contributed by atoms with van der Waals surface area (Å²) in [6, 6.07) is 11.6. The average Bonchev–Trinajstić information content (AvgIpc) is 2.66. The lowest BCUT2D eigenvalue weighted by atomic mass is 10.2. The van der Waals surface area contributed by atoms with Gasteiger partial charge < -0.3 is 10.1 Å². The van der Waals surface area contributed by atoms with Crippen LogP contribution in [0.2, 0.25) is 5.02 Å². The van der Waals surface area contributed by atoms with Gasteiger partial charge in [0.05, 0.1) is 18.7 Å². The van der Waals surface area contributed by atoms with Crippen LogP contribution >= 0.6 is 11.6 Å². The summed E-state index contributed by atoms with van der Waals surface area (Å²) in [6.45, 7) is 4.92. The molecule has 0 radical (unpaired) electrons. The first-order chi connectivity index (χ1) is 12.6. The van der Waals surface area contributed by atoms with Gasteiger partial charge in [-0.25, -0.2) is 4.98 Å². The lowest BCUT2D eigenvalue weighted by Crippen LogP contribution is -2.48. The zero-order chi connectivity index (χ0) is 18.4. The van der Waals surface area contributed by atoms with Gasteiger partial charge in [0, 0.05) is 38.9 Å². The van der Waals surface area contributed by atoms with Gasteiger partial charge >= 0.3 is 0 Å². The molecule has 0 unspecified atom stereocenters. The van der Waals surface area contributed by atoms with E-state index < -0.39 is 0 Å². The standard InChI is InChI=1S/C19H23ClN4O2/c1-26-17-5-2-15(3-6-17)13-23-8-10-24(11-9-23)14-19(25)22-18-7-4-16(20)12-21-18/h2-7,12H,8-11,13-14H2,1H3,(H,21,22,25). The molecular weight excluding hydrogens is 352 g/mol. The fourth-order valence-corrected chi connectivity index (χ4v) is 3.04. The maximum absolute atomic E-state index is 12.1. The normalized spacial score (nSPS) is 15.6. The van der Waals surface area contributed by atoms with E-state index in [4.69, 9.17) is 16.3 Å². The first-order valence-electron chi connectivity index (χ1n) is 8.61. The van der Waals surface area contributed by atoms with Crippen molar-refractivity contribution in [2.24, 2.45) is 0 Å². The van der Waals surface area contributed by atoms with Gasteiger partial charge in [0.2, 0.25) is 5.91 Å². The van der Waals surface area contributed by atoms with E-state index in [9.17, 15) is 4.79 Å². The fraction of sp³-hybridized carbons (Fsp3) is 0.368. The molecule has 0 aliphatic carbocycles. The summed E-state index contributed by atoms with van der Waals surface area (Å²) in [7, 11) is 1.67. The summed E-state index contributed by atoms with van der Waals surface area (Å²) in [5.41, 5.74) is 1.27. The summed E-state index contributed by atoms with van der Waals surface area (Å²) in [4.78, 5) is 20.8. The molecule has 26 heavy (non-hydrogen) atoms. The van der Waals surface area contributed by atoms with Gasteiger partial charge in [-0.15, -0.1) is 0 Å². The third-order valence-electron chi connectivity index (χ3n) is 4.39. The Labute approximate surface area is 158 Å². The highest BCUT2D eigenvalue weighted by Crippen LogP contribution is 2.14. The van der Waals surface area contributed by atoms with Crippen molar-refractivity contribution in [3.63, 3.8) is 0 Å². The van der Waals surface area contributed by atoms with Crippen molar-refractivity contribution >= 4 is 23.3 Å². The predicted molar refractivity (Wildman–Crippen MR) is 103 cm³/mol. The number of anilines is 1. The molecule has 1 aromatic carbocycles. The second kappa shape index (κ2) is 8.98. The first-order valence-corrected chi connectivity index (χ1v) is 8.99. The SMILES string of the molecule is COc1ccc(CN2CCN(CC(=O)Nc3ccc(Cl)cn3)CC2)cc1. The molecule has 7 heteroatoms. The Bertz CT molecular complexity index is 713. The minimum absolute atomic E-state index is 0.0524. The van der Waals surface area contributed by atoms with Crippen LogP contribution in [0.15, 0.2) is 42.6 Å². The summed E-state index contributed by atoms with van der Waals surface area (Å²) >= 11 is 5.80. The molecule has 0 spiro atoms.